The zero-order chi connectivity index (χ0) is 15.1. The van der Waals surface area contributed by atoms with E-state index in [1.807, 2.05) is 4.90 Å². The Balaban J connectivity index is 1.83. The highest BCUT2D eigenvalue weighted by Gasteiger charge is 2.27. The van der Waals surface area contributed by atoms with Crippen LogP contribution >= 0.6 is 0 Å². The summed E-state index contributed by atoms with van der Waals surface area (Å²) >= 11 is 0. The van der Waals surface area contributed by atoms with Crippen molar-refractivity contribution in [2.45, 2.75) is 51.5 Å². The minimum Gasteiger partial charge on any atom is -0.399 e. The molecule has 5 heteroatoms. The molecule has 0 saturated carbocycles. The molecule has 2 saturated heterocycles. The quantitative estimate of drug-likeness (QED) is 0.453. The summed E-state index contributed by atoms with van der Waals surface area (Å²) < 4.78 is 0. The maximum absolute atomic E-state index is 11.0. The Morgan fingerprint density at radius 2 is 1.86 bits per heavy atom. The molecule has 0 aromatic heterocycles. The fourth-order valence-electron chi connectivity index (χ4n) is 3.64. The lowest BCUT2D eigenvalue weighted by molar-refractivity contribution is -0.118. The van der Waals surface area contributed by atoms with Crippen molar-refractivity contribution in [3.63, 3.8) is 0 Å². The first-order valence-corrected chi connectivity index (χ1v) is 8.25. The second kappa shape index (κ2) is 8.37. The molecule has 2 rings (SSSR count). The SMILES string of the molecule is CON=C(C)C1CCN(C2CCCCN(C=O)CC2)CC1. The van der Waals surface area contributed by atoms with Crippen LogP contribution in [0.25, 0.3) is 0 Å². The van der Waals surface area contributed by atoms with Crippen LogP contribution in [0.2, 0.25) is 0 Å². The molecule has 1 amide bonds. The van der Waals surface area contributed by atoms with Gasteiger partial charge in [-0.25, -0.2) is 0 Å². The van der Waals surface area contributed by atoms with Gasteiger partial charge in [0.15, 0.2) is 0 Å². The summed E-state index contributed by atoms with van der Waals surface area (Å²) in [6, 6.07) is 0.647. The summed E-state index contributed by atoms with van der Waals surface area (Å²) in [6.07, 6.45) is 8.14. The Bertz CT molecular complexity index is 351. The molecular formula is C16H29N3O2. The van der Waals surface area contributed by atoms with Gasteiger partial charge in [0.05, 0.1) is 5.71 Å². The molecule has 2 aliphatic rings. The van der Waals surface area contributed by atoms with E-state index in [-0.39, 0.29) is 0 Å². The average molecular weight is 295 g/mol. The molecule has 0 aromatic carbocycles. The molecule has 2 fully saturated rings. The van der Waals surface area contributed by atoms with Gasteiger partial charge in [-0.15, -0.1) is 0 Å². The number of hydrogen-bond acceptors (Lipinski definition) is 4. The maximum atomic E-state index is 11.0. The highest BCUT2D eigenvalue weighted by atomic mass is 16.6. The Labute approximate surface area is 128 Å². The maximum Gasteiger partial charge on any atom is 0.209 e. The van der Waals surface area contributed by atoms with Crippen LogP contribution in [0.4, 0.5) is 0 Å². The van der Waals surface area contributed by atoms with Crippen molar-refractivity contribution in [2.24, 2.45) is 11.1 Å². The highest BCUT2D eigenvalue weighted by Crippen LogP contribution is 2.24. The van der Waals surface area contributed by atoms with Crippen molar-refractivity contribution < 1.29 is 9.63 Å². The van der Waals surface area contributed by atoms with Crippen molar-refractivity contribution in [1.82, 2.24) is 9.80 Å². The van der Waals surface area contributed by atoms with Crippen molar-refractivity contribution in [1.29, 1.82) is 0 Å². The molecule has 0 radical (unpaired) electrons. The van der Waals surface area contributed by atoms with Crippen LogP contribution in [0.1, 0.15) is 45.4 Å². The first-order chi connectivity index (χ1) is 10.2. The van der Waals surface area contributed by atoms with E-state index in [0.29, 0.717) is 12.0 Å². The van der Waals surface area contributed by atoms with Crippen LogP contribution in [-0.2, 0) is 9.63 Å². The number of carbonyl (C=O) groups excluding carboxylic acids is 1. The number of nitrogens with zero attached hydrogens (tertiary/aromatic N) is 3. The van der Waals surface area contributed by atoms with Crippen LogP contribution in [-0.4, -0.2) is 61.3 Å². The Morgan fingerprint density at radius 3 is 2.52 bits per heavy atom. The van der Waals surface area contributed by atoms with E-state index in [1.54, 1.807) is 7.11 Å². The number of piperidine rings is 1. The molecule has 0 aromatic rings. The lowest BCUT2D eigenvalue weighted by Gasteiger charge is -2.39. The molecular weight excluding hydrogens is 266 g/mol. The van der Waals surface area contributed by atoms with Crippen molar-refractivity contribution in [3.8, 4) is 0 Å². The molecule has 21 heavy (non-hydrogen) atoms. The summed E-state index contributed by atoms with van der Waals surface area (Å²) in [7, 11) is 1.62. The molecule has 2 heterocycles. The van der Waals surface area contributed by atoms with Gasteiger partial charge >= 0.3 is 0 Å². The molecule has 0 spiro atoms. The molecule has 0 bridgehead atoms. The van der Waals surface area contributed by atoms with Gasteiger partial charge in [0.25, 0.3) is 0 Å². The van der Waals surface area contributed by atoms with Gasteiger partial charge in [-0.05, 0) is 52.1 Å². The van der Waals surface area contributed by atoms with Crippen molar-refractivity contribution in [3.05, 3.63) is 0 Å². The molecule has 0 aliphatic carbocycles. The zero-order valence-corrected chi connectivity index (χ0v) is 13.5. The fourth-order valence-corrected chi connectivity index (χ4v) is 3.64. The monoisotopic (exact) mass is 295 g/mol. The second-order valence-electron chi connectivity index (χ2n) is 6.31. The van der Waals surface area contributed by atoms with Gasteiger partial charge in [0.1, 0.15) is 7.11 Å². The van der Waals surface area contributed by atoms with E-state index >= 15 is 0 Å². The molecule has 5 nitrogen and oxygen atoms in total. The number of rotatable bonds is 4. The minimum atomic E-state index is 0.571. The minimum absolute atomic E-state index is 0.571. The predicted octanol–water partition coefficient (Wildman–Crippen LogP) is 2.12. The zero-order valence-electron chi connectivity index (χ0n) is 13.5. The summed E-state index contributed by atoms with van der Waals surface area (Å²) in [5.41, 5.74) is 1.13. The van der Waals surface area contributed by atoms with E-state index in [1.165, 1.54) is 25.7 Å². The van der Waals surface area contributed by atoms with Crippen molar-refractivity contribution >= 4 is 12.1 Å². The van der Waals surface area contributed by atoms with Crippen LogP contribution in [0, 0.1) is 5.92 Å². The van der Waals surface area contributed by atoms with Crippen LogP contribution < -0.4 is 0 Å². The smallest absolute Gasteiger partial charge is 0.209 e. The number of carbonyl (C=O) groups is 1. The first-order valence-electron chi connectivity index (χ1n) is 8.25. The van der Waals surface area contributed by atoms with Gasteiger partial charge in [-0.1, -0.05) is 11.6 Å². The van der Waals surface area contributed by atoms with Gasteiger partial charge in [-0.2, -0.15) is 0 Å². The summed E-state index contributed by atoms with van der Waals surface area (Å²) in [5.74, 6) is 0.571. The average Bonchev–Trinajstić information content (AvgIpc) is 2.48. The normalized spacial score (nSPS) is 27.0. The standard InChI is InChI=1S/C16H29N3O2/c1-14(17-21-2)15-6-11-19(12-7-15)16-5-3-4-9-18(13-20)10-8-16/h13,15-16H,3-12H2,1-2H3. The van der Waals surface area contributed by atoms with Gasteiger partial charge < -0.3 is 14.6 Å². The topological polar surface area (TPSA) is 45.1 Å². The van der Waals surface area contributed by atoms with Crippen molar-refractivity contribution in [2.75, 3.05) is 33.3 Å². The molecule has 1 unspecified atom stereocenters. The fraction of sp³-hybridized carbons (Fsp3) is 0.875. The molecule has 0 N–H and O–H groups in total. The van der Waals surface area contributed by atoms with E-state index in [0.717, 1.165) is 51.1 Å². The molecule has 1 atom stereocenters. The third kappa shape index (κ3) is 4.70. The summed E-state index contributed by atoms with van der Waals surface area (Å²) in [4.78, 5) is 20.4. The number of oxime groups is 1. The van der Waals surface area contributed by atoms with Gasteiger partial charge in [-0.3, -0.25) is 4.79 Å². The lowest BCUT2D eigenvalue weighted by atomic mass is 9.90. The van der Waals surface area contributed by atoms with Gasteiger partial charge in [0, 0.05) is 25.0 Å². The number of hydrogen-bond donors (Lipinski definition) is 0. The third-order valence-electron chi connectivity index (χ3n) is 5.00. The van der Waals surface area contributed by atoms with E-state index < -0.39 is 0 Å². The summed E-state index contributed by atoms with van der Waals surface area (Å²) in [6.45, 7) is 6.21. The third-order valence-corrected chi connectivity index (χ3v) is 5.00. The van der Waals surface area contributed by atoms with Crippen LogP contribution in [0.15, 0.2) is 5.16 Å². The van der Waals surface area contributed by atoms with E-state index in [9.17, 15) is 4.79 Å². The Kier molecular flexibility index (Phi) is 6.49. The van der Waals surface area contributed by atoms with Crippen LogP contribution in [0.5, 0.6) is 0 Å². The first kappa shape index (κ1) is 16.3. The predicted molar refractivity (Wildman–Crippen MR) is 84.3 cm³/mol. The summed E-state index contributed by atoms with van der Waals surface area (Å²) in [5, 5.41) is 4.09. The lowest BCUT2D eigenvalue weighted by Crippen LogP contribution is -2.44. The largest absolute Gasteiger partial charge is 0.399 e. The number of amides is 1. The second-order valence-corrected chi connectivity index (χ2v) is 6.31. The van der Waals surface area contributed by atoms with E-state index in [2.05, 4.69) is 17.0 Å². The Hall–Kier alpha value is -1.10. The van der Waals surface area contributed by atoms with E-state index in [4.69, 9.17) is 4.84 Å². The van der Waals surface area contributed by atoms with Crippen LogP contribution in [0.3, 0.4) is 0 Å². The van der Waals surface area contributed by atoms with Gasteiger partial charge in [0.2, 0.25) is 6.41 Å². The highest BCUT2D eigenvalue weighted by molar-refractivity contribution is 5.83. The Morgan fingerprint density at radius 1 is 1.10 bits per heavy atom. The molecule has 120 valence electrons. The number of likely N-dealkylation sites (tertiary alicyclic amines) is 2. The molecule has 2 aliphatic heterocycles.